The highest BCUT2D eigenvalue weighted by Gasteiger charge is 2.42. The molecule has 0 aromatic rings. The second-order valence-electron chi connectivity index (χ2n) is 4.17. The monoisotopic (exact) mass is 184 g/mol. The van der Waals surface area contributed by atoms with Crippen molar-refractivity contribution in [2.75, 3.05) is 0 Å². The Labute approximate surface area is 78.4 Å². The van der Waals surface area contributed by atoms with Crippen LogP contribution >= 0.6 is 0 Å². The van der Waals surface area contributed by atoms with Gasteiger partial charge in [0.05, 0.1) is 0 Å². The minimum atomic E-state index is -0.399. The van der Waals surface area contributed by atoms with Crippen LogP contribution in [0.4, 0.5) is 4.79 Å². The molecule has 1 saturated heterocycles. The van der Waals surface area contributed by atoms with Gasteiger partial charge in [-0.25, -0.2) is 4.79 Å². The van der Waals surface area contributed by atoms with Gasteiger partial charge in [0, 0.05) is 5.54 Å². The van der Waals surface area contributed by atoms with Crippen molar-refractivity contribution in [1.29, 1.82) is 5.41 Å². The van der Waals surface area contributed by atoms with Crippen molar-refractivity contribution in [2.45, 2.75) is 45.8 Å². The number of nitrogens with zero attached hydrogens (tertiary/aromatic N) is 1. The zero-order valence-corrected chi connectivity index (χ0v) is 8.55. The van der Waals surface area contributed by atoms with E-state index in [1.165, 1.54) is 4.90 Å². The fourth-order valence-electron chi connectivity index (χ4n) is 1.38. The molecule has 0 aliphatic carbocycles. The second-order valence-corrected chi connectivity index (χ2v) is 4.17. The molecular formula is C9H16N2O2. The van der Waals surface area contributed by atoms with Crippen LogP contribution in [-0.2, 0) is 4.74 Å². The first kappa shape index (κ1) is 10.0. The van der Waals surface area contributed by atoms with Crippen molar-refractivity contribution in [2.24, 2.45) is 0 Å². The van der Waals surface area contributed by atoms with Crippen molar-refractivity contribution >= 4 is 11.9 Å². The molecular weight excluding hydrogens is 168 g/mol. The van der Waals surface area contributed by atoms with E-state index >= 15 is 0 Å². The second kappa shape index (κ2) is 3.01. The van der Waals surface area contributed by atoms with Crippen LogP contribution in [-0.4, -0.2) is 28.5 Å². The summed E-state index contributed by atoms with van der Waals surface area (Å²) in [5.74, 6) is 0.278. The van der Waals surface area contributed by atoms with E-state index in [0.29, 0.717) is 6.42 Å². The normalized spacial score (nSPS) is 23.7. The largest absolute Gasteiger partial charge is 0.438 e. The smallest absolute Gasteiger partial charge is 0.416 e. The van der Waals surface area contributed by atoms with Crippen molar-refractivity contribution in [3.63, 3.8) is 0 Å². The molecule has 1 aliphatic heterocycles. The predicted molar refractivity (Wildman–Crippen MR) is 49.9 cm³/mol. The van der Waals surface area contributed by atoms with Crippen LogP contribution in [0.5, 0.6) is 0 Å². The van der Waals surface area contributed by atoms with Gasteiger partial charge < -0.3 is 4.74 Å². The number of carbonyl (C=O) groups excluding carboxylic acids is 1. The minimum absolute atomic E-state index is 0.278. The minimum Gasteiger partial charge on any atom is -0.438 e. The van der Waals surface area contributed by atoms with E-state index < -0.39 is 6.09 Å². The van der Waals surface area contributed by atoms with E-state index in [9.17, 15) is 4.79 Å². The maximum absolute atomic E-state index is 11.4. The van der Waals surface area contributed by atoms with Crippen LogP contribution in [0.3, 0.4) is 0 Å². The summed E-state index contributed by atoms with van der Waals surface area (Å²) in [5.41, 5.74) is -0.363. The van der Waals surface area contributed by atoms with Crippen LogP contribution in [0.1, 0.15) is 34.1 Å². The lowest BCUT2D eigenvalue weighted by atomic mass is 10.1. The Balaban J connectivity index is 2.89. The van der Waals surface area contributed by atoms with E-state index in [2.05, 4.69) is 0 Å². The lowest BCUT2D eigenvalue weighted by molar-refractivity contribution is 0.119. The molecule has 74 valence electrons. The first-order valence-electron chi connectivity index (χ1n) is 4.47. The molecule has 13 heavy (non-hydrogen) atoms. The summed E-state index contributed by atoms with van der Waals surface area (Å²) in [5, 5.41) is 7.73. The number of cyclic esters (lactones) is 1. The average Bonchev–Trinajstić information content (AvgIpc) is 2.24. The van der Waals surface area contributed by atoms with Crippen LogP contribution in [0.15, 0.2) is 0 Å². The van der Waals surface area contributed by atoms with Gasteiger partial charge in [0.15, 0.2) is 6.10 Å². The molecule has 0 spiro atoms. The summed E-state index contributed by atoms with van der Waals surface area (Å²) >= 11 is 0. The Hall–Kier alpha value is -1.06. The topological polar surface area (TPSA) is 53.4 Å². The third-order valence-electron chi connectivity index (χ3n) is 2.01. The van der Waals surface area contributed by atoms with Gasteiger partial charge in [-0.3, -0.25) is 10.3 Å². The maximum atomic E-state index is 11.4. The van der Waals surface area contributed by atoms with Crippen LogP contribution < -0.4 is 0 Å². The molecule has 0 aromatic carbocycles. The quantitative estimate of drug-likeness (QED) is 0.677. The predicted octanol–water partition coefficient (Wildman–Crippen LogP) is 1.99. The summed E-state index contributed by atoms with van der Waals surface area (Å²) in [6, 6.07) is 0. The van der Waals surface area contributed by atoms with Crippen LogP contribution in [0, 0.1) is 5.41 Å². The van der Waals surface area contributed by atoms with E-state index in [4.69, 9.17) is 10.1 Å². The summed E-state index contributed by atoms with van der Waals surface area (Å²) in [4.78, 5) is 12.8. The van der Waals surface area contributed by atoms with Crippen LogP contribution in [0.25, 0.3) is 0 Å². The number of nitrogens with one attached hydrogen (secondary N) is 1. The number of amidine groups is 1. The molecule has 1 fully saturated rings. The van der Waals surface area contributed by atoms with Crippen molar-refractivity contribution in [3.8, 4) is 0 Å². The maximum Gasteiger partial charge on any atom is 0.416 e. The summed E-state index contributed by atoms with van der Waals surface area (Å²) < 4.78 is 5.02. The molecule has 0 radical (unpaired) electrons. The fraction of sp³-hybridized carbons (Fsp3) is 0.778. The van der Waals surface area contributed by atoms with Crippen molar-refractivity contribution < 1.29 is 9.53 Å². The van der Waals surface area contributed by atoms with Crippen molar-refractivity contribution in [1.82, 2.24) is 4.90 Å². The molecule has 0 aromatic heterocycles. The summed E-state index contributed by atoms with van der Waals surface area (Å²) in [7, 11) is 0. The van der Waals surface area contributed by atoms with Gasteiger partial charge in [-0.05, 0) is 27.2 Å². The Morgan fingerprint density at radius 2 is 2.08 bits per heavy atom. The number of rotatable bonds is 1. The SMILES string of the molecule is CCC1OC(=O)N(C(C)(C)C)C1=N. The Bertz CT molecular complexity index is 242. The van der Waals surface area contributed by atoms with Gasteiger partial charge >= 0.3 is 6.09 Å². The Kier molecular flexibility index (Phi) is 2.32. The van der Waals surface area contributed by atoms with Gasteiger partial charge in [-0.15, -0.1) is 0 Å². The Morgan fingerprint density at radius 1 is 1.54 bits per heavy atom. The summed E-state index contributed by atoms with van der Waals surface area (Å²) in [6.45, 7) is 7.57. The first-order chi connectivity index (χ1) is 5.88. The molecule has 1 atom stereocenters. The number of amides is 1. The van der Waals surface area contributed by atoms with Gasteiger partial charge in [0.1, 0.15) is 5.84 Å². The summed E-state index contributed by atoms with van der Waals surface area (Å²) in [6.07, 6.45) is -0.0898. The third kappa shape index (κ3) is 1.66. The van der Waals surface area contributed by atoms with Crippen molar-refractivity contribution in [3.05, 3.63) is 0 Å². The molecule has 4 nitrogen and oxygen atoms in total. The molecule has 1 aliphatic rings. The van der Waals surface area contributed by atoms with Gasteiger partial charge in [-0.1, -0.05) is 6.92 Å². The first-order valence-corrected chi connectivity index (χ1v) is 4.47. The number of hydrogen-bond donors (Lipinski definition) is 1. The highest BCUT2D eigenvalue weighted by Crippen LogP contribution is 2.24. The van der Waals surface area contributed by atoms with Gasteiger partial charge in [-0.2, -0.15) is 0 Å². The van der Waals surface area contributed by atoms with E-state index in [1.54, 1.807) is 0 Å². The molecule has 1 unspecified atom stereocenters. The molecule has 1 N–H and O–H groups in total. The molecule has 0 saturated carbocycles. The standard InChI is InChI=1S/C9H16N2O2/c1-5-6-7(10)11(8(12)13-6)9(2,3)4/h6,10H,5H2,1-4H3. The number of ether oxygens (including phenoxy) is 1. The average molecular weight is 184 g/mol. The molecule has 1 amide bonds. The zero-order chi connectivity index (χ0) is 10.2. The van der Waals surface area contributed by atoms with E-state index in [-0.39, 0.29) is 17.5 Å². The zero-order valence-electron chi connectivity index (χ0n) is 8.55. The molecule has 0 bridgehead atoms. The van der Waals surface area contributed by atoms with E-state index in [0.717, 1.165) is 0 Å². The lowest BCUT2D eigenvalue weighted by Gasteiger charge is -2.28. The van der Waals surface area contributed by atoms with Gasteiger partial charge in [0.2, 0.25) is 0 Å². The Morgan fingerprint density at radius 3 is 2.31 bits per heavy atom. The highest BCUT2D eigenvalue weighted by molar-refractivity contribution is 6.02. The third-order valence-corrected chi connectivity index (χ3v) is 2.01. The number of hydrogen-bond acceptors (Lipinski definition) is 3. The van der Waals surface area contributed by atoms with E-state index in [1.807, 2.05) is 27.7 Å². The fourth-order valence-corrected chi connectivity index (χ4v) is 1.38. The number of carbonyl (C=O) groups is 1. The van der Waals surface area contributed by atoms with Crippen LogP contribution in [0.2, 0.25) is 0 Å². The molecule has 4 heteroatoms. The lowest BCUT2D eigenvalue weighted by Crippen LogP contribution is -2.45. The highest BCUT2D eigenvalue weighted by atomic mass is 16.6. The molecule has 1 heterocycles. The van der Waals surface area contributed by atoms with Gasteiger partial charge in [0.25, 0.3) is 0 Å². The molecule has 1 rings (SSSR count).